The Morgan fingerprint density at radius 1 is 1.35 bits per heavy atom. The van der Waals surface area contributed by atoms with E-state index >= 15 is 0 Å². The van der Waals surface area contributed by atoms with Crippen molar-refractivity contribution in [1.82, 2.24) is 4.31 Å². The fraction of sp³-hybridized carbons (Fsp3) is 0.385. The third-order valence-corrected chi connectivity index (χ3v) is 5.75. The third-order valence-electron chi connectivity index (χ3n) is 2.85. The number of thioether (sulfide) groups is 1. The lowest BCUT2D eigenvalue weighted by atomic mass is 10.2. The van der Waals surface area contributed by atoms with E-state index in [0.717, 1.165) is 23.6 Å². The van der Waals surface area contributed by atoms with E-state index in [-0.39, 0.29) is 17.0 Å². The van der Waals surface area contributed by atoms with Crippen LogP contribution in [0.3, 0.4) is 0 Å². The molecular weight excluding hydrogens is 299 g/mol. The Morgan fingerprint density at radius 2 is 2.05 bits per heavy atom. The van der Waals surface area contributed by atoms with Gasteiger partial charge in [0.2, 0.25) is 10.0 Å². The van der Waals surface area contributed by atoms with Crippen LogP contribution in [-0.2, 0) is 10.0 Å². The van der Waals surface area contributed by atoms with Crippen molar-refractivity contribution in [2.45, 2.75) is 4.90 Å². The topological polar surface area (TPSA) is 63.4 Å². The van der Waals surface area contributed by atoms with Gasteiger partial charge in [0.05, 0.1) is 11.4 Å². The number of nitrogens with two attached hydrogens (primary N) is 1. The first-order valence-corrected chi connectivity index (χ1v) is 8.71. The maximum atomic E-state index is 13.3. The highest BCUT2D eigenvalue weighted by atomic mass is 32.2. The van der Waals surface area contributed by atoms with Crippen LogP contribution in [0.1, 0.15) is 5.56 Å². The van der Waals surface area contributed by atoms with Gasteiger partial charge in [-0.3, -0.25) is 0 Å². The van der Waals surface area contributed by atoms with Crippen LogP contribution in [0.4, 0.5) is 4.39 Å². The molecule has 20 heavy (non-hydrogen) atoms. The van der Waals surface area contributed by atoms with Crippen molar-refractivity contribution in [3.8, 4) is 11.8 Å². The number of hydrogen-bond donors (Lipinski definition) is 1. The molecule has 0 aliphatic carbocycles. The Kier molecular flexibility index (Phi) is 5.05. The number of nitrogens with zero attached hydrogens (tertiary/aromatic N) is 1. The summed E-state index contributed by atoms with van der Waals surface area (Å²) >= 11 is 1.72. The molecule has 0 radical (unpaired) electrons. The number of hydrogen-bond acceptors (Lipinski definition) is 4. The second kappa shape index (κ2) is 6.59. The Morgan fingerprint density at radius 3 is 2.70 bits per heavy atom. The van der Waals surface area contributed by atoms with Crippen LogP contribution in [0.5, 0.6) is 0 Å². The van der Waals surface area contributed by atoms with Crippen molar-refractivity contribution in [2.75, 3.05) is 31.1 Å². The molecule has 0 atom stereocenters. The molecule has 4 nitrogen and oxygen atoms in total. The molecule has 108 valence electrons. The van der Waals surface area contributed by atoms with Crippen LogP contribution in [0.2, 0.25) is 0 Å². The first-order valence-electron chi connectivity index (χ1n) is 6.12. The van der Waals surface area contributed by atoms with Gasteiger partial charge in [0, 0.05) is 30.2 Å². The van der Waals surface area contributed by atoms with E-state index < -0.39 is 15.8 Å². The number of benzene rings is 1. The third kappa shape index (κ3) is 3.33. The lowest BCUT2D eigenvalue weighted by Crippen LogP contribution is -2.38. The molecule has 1 aromatic carbocycles. The summed E-state index contributed by atoms with van der Waals surface area (Å²) in [6.45, 7) is 1.03. The molecule has 7 heteroatoms. The van der Waals surface area contributed by atoms with Gasteiger partial charge < -0.3 is 5.73 Å². The standard InChI is InChI=1S/C13H15FN2O2S2/c14-12-3-4-13(11(10-12)2-1-5-15)20(17,18)16-6-8-19-9-7-16/h3-4,10H,5-9,15H2. The molecule has 1 aliphatic heterocycles. The summed E-state index contributed by atoms with van der Waals surface area (Å²) in [6, 6.07) is 3.54. The molecular formula is C13H15FN2O2S2. The number of rotatable bonds is 2. The van der Waals surface area contributed by atoms with Crippen LogP contribution in [0.25, 0.3) is 0 Å². The zero-order valence-corrected chi connectivity index (χ0v) is 12.4. The van der Waals surface area contributed by atoms with Crippen LogP contribution < -0.4 is 5.73 Å². The van der Waals surface area contributed by atoms with Gasteiger partial charge in [0.25, 0.3) is 0 Å². The van der Waals surface area contributed by atoms with Gasteiger partial charge in [-0.25, -0.2) is 12.8 Å². The van der Waals surface area contributed by atoms with Crippen molar-refractivity contribution < 1.29 is 12.8 Å². The molecule has 0 saturated carbocycles. The summed E-state index contributed by atoms with van der Waals surface area (Å²) in [7, 11) is -3.63. The van der Waals surface area contributed by atoms with Gasteiger partial charge in [0.15, 0.2) is 0 Å². The fourth-order valence-electron chi connectivity index (χ4n) is 1.90. The van der Waals surface area contributed by atoms with E-state index in [2.05, 4.69) is 11.8 Å². The molecule has 0 spiro atoms. The molecule has 1 aromatic rings. The van der Waals surface area contributed by atoms with E-state index in [4.69, 9.17) is 5.73 Å². The second-order valence-corrected chi connectivity index (χ2v) is 7.29. The quantitative estimate of drug-likeness (QED) is 0.823. The van der Waals surface area contributed by atoms with E-state index in [0.29, 0.717) is 13.1 Å². The lowest BCUT2D eigenvalue weighted by molar-refractivity contribution is 0.443. The Labute approximate surface area is 122 Å². The summed E-state index contributed by atoms with van der Waals surface area (Å²) in [5, 5.41) is 0. The summed E-state index contributed by atoms with van der Waals surface area (Å²) in [5.74, 6) is 6.23. The Bertz CT molecular complexity index is 644. The van der Waals surface area contributed by atoms with Gasteiger partial charge in [-0.05, 0) is 18.2 Å². The average molecular weight is 314 g/mol. The van der Waals surface area contributed by atoms with Gasteiger partial charge in [0.1, 0.15) is 5.82 Å². The first-order chi connectivity index (χ1) is 9.55. The predicted octanol–water partition coefficient (Wildman–Crippen LogP) is 0.873. The van der Waals surface area contributed by atoms with Crippen molar-refractivity contribution >= 4 is 21.8 Å². The molecule has 0 amide bonds. The van der Waals surface area contributed by atoms with Crippen molar-refractivity contribution in [3.63, 3.8) is 0 Å². The van der Waals surface area contributed by atoms with Crippen molar-refractivity contribution in [1.29, 1.82) is 0 Å². The van der Waals surface area contributed by atoms with Gasteiger partial charge in [-0.2, -0.15) is 16.1 Å². The van der Waals surface area contributed by atoms with E-state index in [9.17, 15) is 12.8 Å². The molecule has 1 heterocycles. The monoisotopic (exact) mass is 314 g/mol. The van der Waals surface area contributed by atoms with Gasteiger partial charge in [-0.1, -0.05) is 11.8 Å². The molecule has 1 aliphatic rings. The molecule has 1 saturated heterocycles. The lowest BCUT2D eigenvalue weighted by Gasteiger charge is -2.26. The van der Waals surface area contributed by atoms with E-state index in [1.165, 1.54) is 10.4 Å². The van der Waals surface area contributed by atoms with Crippen molar-refractivity contribution in [2.24, 2.45) is 5.73 Å². The largest absolute Gasteiger partial charge is 0.320 e. The summed E-state index contributed by atoms with van der Waals surface area (Å²) in [5.41, 5.74) is 5.45. The molecule has 0 unspecified atom stereocenters. The fourth-order valence-corrected chi connectivity index (χ4v) is 4.60. The molecule has 2 N–H and O–H groups in total. The zero-order chi connectivity index (χ0) is 14.6. The van der Waals surface area contributed by atoms with Gasteiger partial charge >= 0.3 is 0 Å². The molecule has 1 fully saturated rings. The highest BCUT2D eigenvalue weighted by Gasteiger charge is 2.28. The van der Waals surface area contributed by atoms with E-state index in [1.54, 1.807) is 11.8 Å². The van der Waals surface area contributed by atoms with Crippen LogP contribution in [0, 0.1) is 17.7 Å². The molecule has 2 rings (SSSR count). The smallest absolute Gasteiger partial charge is 0.244 e. The SMILES string of the molecule is NCC#Cc1cc(F)ccc1S(=O)(=O)N1CCSCC1. The molecule has 0 aromatic heterocycles. The zero-order valence-electron chi connectivity index (χ0n) is 10.8. The highest BCUT2D eigenvalue weighted by molar-refractivity contribution is 7.99. The second-order valence-electron chi connectivity index (χ2n) is 4.16. The average Bonchev–Trinajstić information content (AvgIpc) is 2.46. The highest BCUT2D eigenvalue weighted by Crippen LogP contribution is 2.23. The Balaban J connectivity index is 2.45. The van der Waals surface area contributed by atoms with Crippen LogP contribution >= 0.6 is 11.8 Å². The normalized spacial score (nSPS) is 16.5. The number of halogens is 1. The Hall–Kier alpha value is -1.07. The van der Waals surface area contributed by atoms with Crippen LogP contribution in [-0.4, -0.2) is 43.9 Å². The summed E-state index contributed by atoms with van der Waals surface area (Å²) < 4.78 is 39.9. The minimum atomic E-state index is -3.63. The number of sulfonamides is 1. The first kappa shape index (κ1) is 15.3. The van der Waals surface area contributed by atoms with E-state index in [1.807, 2.05) is 0 Å². The van der Waals surface area contributed by atoms with Gasteiger partial charge in [-0.15, -0.1) is 0 Å². The maximum Gasteiger partial charge on any atom is 0.244 e. The minimum Gasteiger partial charge on any atom is -0.320 e. The van der Waals surface area contributed by atoms with Crippen molar-refractivity contribution in [3.05, 3.63) is 29.6 Å². The minimum absolute atomic E-state index is 0.0479. The summed E-state index contributed by atoms with van der Waals surface area (Å²) in [4.78, 5) is 0.0479. The predicted molar refractivity (Wildman–Crippen MR) is 78.4 cm³/mol. The maximum absolute atomic E-state index is 13.3. The molecule has 0 bridgehead atoms. The van der Waals surface area contributed by atoms with Crippen LogP contribution in [0.15, 0.2) is 23.1 Å². The summed E-state index contributed by atoms with van der Waals surface area (Å²) in [6.07, 6.45) is 0.